The lowest BCUT2D eigenvalue weighted by Crippen LogP contribution is -2.63. The molecule has 0 radical (unpaired) electrons. The Kier molecular flexibility index (Phi) is 7.41. The monoisotopic (exact) mass is 434 g/mol. The fraction of sp³-hybridized carbons (Fsp3) is 0.708. The number of halogens is 1. The van der Waals surface area contributed by atoms with E-state index < -0.39 is 0 Å². The highest BCUT2D eigenvalue weighted by Crippen LogP contribution is 2.29. The first-order valence-corrected chi connectivity index (χ1v) is 11.8. The maximum atomic E-state index is 14.4. The summed E-state index contributed by atoms with van der Waals surface area (Å²) in [4.78, 5) is 4.71. The number of piperidine rings is 1. The Balaban J connectivity index is 1.75. The third kappa shape index (κ3) is 6.14. The molecule has 0 amide bonds. The molecule has 3 rings (SSSR count). The Morgan fingerprint density at radius 1 is 1.23 bits per heavy atom. The molecule has 1 atom stereocenters. The Morgan fingerprint density at radius 3 is 2.53 bits per heavy atom. The molecule has 4 nitrogen and oxygen atoms in total. The van der Waals surface area contributed by atoms with Crippen molar-refractivity contribution in [2.24, 2.45) is 0 Å². The van der Waals surface area contributed by atoms with Crippen LogP contribution in [0.25, 0.3) is 0 Å². The van der Waals surface area contributed by atoms with Gasteiger partial charge in [-0.3, -0.25) is 4.90 Å². The lowest BCUT2D eigenvalue weighted by atomic mass is 9.80. The highest BCUT2D eigenvalue weighted by molar-refractivity contribution is 7.80. The van der Waals surface area contributed by atoms with Gasteiger partial charge in [-0.05, 0) is 84.8 Å². The molecule has 2 fully saturated rings. The molecule has 0 aliphatic carbocycles. The summed E-state index contributed by atoms with van der Waals surface area (Å²) in [6, 6.07) is 7.83. The second-order valence-corrected chi connectivity index (χ2v) is 10.7. The number of hydrogen-bond donors (Lipinski definition) is 2. The maximum absolute atomic E-state index is 14.4. The molecule has 0 saturated carbocycles. The molecule has 6 heteroatoms. The molecule has 2 saturated heterocycles. The first-order chi connectivity index (χ1) is 14.1. The SMILES string of the molecule is CCN1CCCC1CN(Cc1ccccc1F)C(=S)NC1CC(C)(C)NC(C)(C)C1. The van der Waals surface area contributed by atoms with E-state index in [1.165, 1.54) is 18.9 Å². The van der Waals surface area contributed by atoms with Crippen LogP contribution in [0.2, 0.25) is 0 Å². The third-order valence-corrected chi connectivity index (χ3v) is 6.84. The minimum absolute atomic E-state index is 0.0514. The lowest BCUT2D eigenvalue weighted by molar-refractivity contribution is 0.152. The van der Waals surface area contributed by atoms with Crippen LogP contribution in [0.5, 0.6) is 0 Å². The normalized spacial score (nSPS) is 24.0. The average molecular weight is 435 g/mol. The van der Waals surface area contributed by atoms with Crippen molar-refractivity contribution < 1.29 is 4.39 Å². The van der Waals surface area contributed by atoms with E-state index in [2.05, 4.69) is 55.1 Å². The van der Waals surface area contributed by atoms with Gasteiger partial charge in [-0.25, -0.2) is 4.39 Å². The second-order valence-electron chi connectivity index (χ2n) is 10.3. The van der Waals surface area contributed by atoms with Crippen LogP contribution in [-0.2, 0) is 6.54 Å². The van der Waals surface area contributed by atoms with Crippen LogP contribution in [0.1, 0.15) is 65.9 Å². The van der Waals surface area contributed by atoms with E-state index in [0.717, 1.165) is 37.6 Å². The van der Waals surface area contributed by atoms with E-state index in [-0.39, 0.29) is 16.9 Å². The number of likely N-dealkylation sites (tertiary alicyclic amines) is 1. The van der Waals surface area contributed by atoms with E-state index in [1.807, 2.05) is 12.1 Å². The molecule has 2 heterocycles. The summed E-state index contributed by atoms with van der Waals surface area (Å²) in [6.45, 7) is 14.8. The molecule has 1 aromatic rings. The molecule has 1 unspecified atom stereocenters. The van der Waals surface area contributed by atoms with Gasteiger partial charge in [-0.2, -0.15) is 0 Å². The fourth-order valence-electron chi connectivity index (χ4n) is 5.51. The van der Waals surface area contributed by atoms with Gasteiger partial charge >= 0.3 is 0 Å². The molecule has 1 aromatic carbocycles. The summed E-state index contributed by atoms with van der Waals surface area (Å²) >= 11 is 5.91. The van der Waals surface area contributed by atoms with Crippen molar-refractivity contribution in [2.45, 2.75) is 90.0 Å². The van der Waals surface area contributed by atoms with Crippen LogP contribution in [0.4, 0.5) is 4.39 Å². The number of benzene rings is 1. The number of rotatable bonds is 6. The third-order valence-electron chi connectivity index (χ3n) is 6.46. The van der Waals surface area contributed by atoms with Gasteiger partial charge in [0.15, 0.2) is 5.11 Å². The number of likely N-dealkylation sites (N-methyl/N-ethyl adjacent to an activating group) is 1. The topological polar surface area (TPSA) is 30.5 Å². The largest absolute Gasteiger partial charge is 0.360 e. The van der Waals surface area contributed by atoms with E-state index in [4.69, 9.17) is 12.2 Å². The van der Waals surface area contributed by atoms with Gasteiger partial charge in [0.25, 0.3) is 0 Å². The number of thiocarbonyl (C=S) groups is 1. The first kappa shape index (κ1) is 23.4. The van der Waals surface area contributed by atoms with Crippen molar-refractivity contribution in [3.8, 4) is 0 Å². The van der Waals surface area contributed by atoms with Crippen LogP contribution in [0.3, 0.4) is 0 Å². The minimum atomic E-state index is -0.159. The Hall–Kier alpha value is -1.24. The molecular formula is C24H39FN4S. The quantitative estimate of drug-likeness (QED) is 0.652. The molecule has 2 aliphatic rings. The fourth-order valence-corrected chi connectivity index (χ4v) is 5.82. The van der Waals surface area contributed by atoms with E-state index >= 15 is 0 Å². The lowest BCUT2D eigenvalue weighted by Gasteiger charge is -2.47. The molecule has 2 aliphatic heterocycles. The second kappa shape index (κ2) is 9.49. The zero-order valence-electron chi connectivity index (χ0n) is 19.3. The Labute approximate surface area is 187 Å². The van der Waals surface area contributed by atoms with Crippen LogP contribution in [0, 0.1) is 5.82 Å². The van der Waals surface area contributed by atoms with Gasteiger partial charge in [-0.15, -0.1) is 0 Å². The standard InChI is InChI=1S/C24H39FN4S/c1-6-28-13-9-11-20(28)17-29(16-18-10-7-8-12-21(18)25)22(30)26-19-14-23(2,3)27-24(4,5)15-19/h7-8,10,12,19-20,27H,6,9,11,13-17H2,1-5H3,(H,26,30). The number of nitrogens with one attached hydrogen (secondary N) is 2. The van der Waals surface area contributed by atoms with Crippen LogP contribution < -0.4 is 10.6 Å². The van der Waals surface area contributed by atoms with Gasteiger partial charge in [-0.1, -0.05) is 25.1 Å². The molecule has 30 heavy (non-hydrogen) atoms. The van der Waals surface area contributed by atoms with E-state index in [9.17, 15) is 4.39 Å². The molecule has 0 spiro atoms. The number of hydrogen-bond acceptors (Lipinski definition) is 3. The summed E-state index contributed by atoms with van der Waals surface area (Å²) < 4.78 is 14.4. The zero-order valence-corrected chi connectivity index (χ0v) is 20.1. The molecule has 0 bridgehead atoms. The Morgan fingerprint density at radius 2 is 1.90 bits per heavy atom. The van der Waals surface area contributed by atoms with Gasteiger partial charge in [0.1, 0.15) is 5.82 Å². The van der Waals surface area contributed by atoms with Crippen LogP contribution >= 0.6 is 12.2 Å². The van der Waals surface area contributed by atoms with Crippen molar-refractivity contribution in [1.29, 1.82) is 0 Å². The molecule has 0 aromatic heterocycles. The summed E-state index contributed by atoms with van der Waals surface area (Å²) in [5, 5.41) is 8.13. The van der Waals surface area contributed by atoms with Crippen molar-refractivity contribution >= 4 is 17.3 Å². The van der Waals surface area contributed by atoms with Gasteiger partial charge < -0.3 is 15.5 Å². The van der Waals surface area contributed by atoms with E-state index in [1.54, 1.807) is 6.07 Å². The number of nitrogens with zero attached hydrogens (tertiary/aromatic N) is 2. The summed E-state index contributed by atoms with van der Waals surface area (Å²) in [5.41, 5.74) is 0.805. The highest BCUT2D eigenvalue weighted by Gasteiger charge is 2.38. The summed E-state index contributed by atoms with van der Waals surface area (Å²) in [6.07, 6.45) is 4.42. The van der Waals surface area contributed by atoms with Gasteiger partial charge in [0.2, 0.25) is 0 Å². The maximum Gasteiger partial charge on any atom is 0.169 e. The first-order valence-electron chi connectivity index (χ1n) is 11.4. The van der Waals surface area contributed by atoms with Crippen molar-refractivity contribution in [1.82, 2.24) is 20.4 Å². The smallest absolute Gasteiger partial charge is 0.169 e. The molecular weight excluding hydrogens is 395 g/mol. The highest BCUT2D eigenvalue weighted by atomic mass is 32.1. The minimum Gasteiger partial charge on any atom is -0.360 e. The van der Waals surface area contributed by atoms with Crippen molar-refractivity contribution in [2.75, 3.05) is 19.6 Å². The van der Waals surface area contributed by atoms with E-state index in [0.29, 0.717) is 24.2 Å². The van der Waals surface area contributed by atoms with Gasteiger partial charge in [0, 0.05) is 41.8 Å². The average Bonchev–Trinajstić information content (AvgIpc) is 3.07. The summed E-state index contributed by atoms with van der Waals surface area (Å²) in [5.74, 6) is -0.159. The van der Waals surface area contributed by atoms with Crippen LogP contribution in [-0.4, -0.2) is 57.7 Å². The Bertz CT molecular complexity index is 720. The van der Waals surface area contributed by atoms with Crippen molar-refractivity contribution in [3.63, 3.8) is 0 Å². The molecule has 168 valence electrons. The zero-order chi connectivity index (χ0) is 21.9. The summed E-state index contributed by atoms with van der Waals surface area (Å²) in [7, 11) is 0. The van der Waals surface area contributed by atoms with Crippen molar-refractivity contribution in [3.05, 3.63) is 35.6 Å². The van der Waals surface area contributed by atoms with Gasteiger partial charge in [0.05, 0.1) is 0 Å². The van der Waals surface area contributed by atoms with Crippen LogP contribution in [0.15, 0.2) is 24.3 Å². The predicted molar refractivity (Wildman–Crippen MR) is 127 cm³/mol. The molecule has 2 N–H and O–H groups in total. The predicted octanol–water partition coefficient (Wildman–Crippen LogP) is 4.30.